The summed E-state index contributed by atoms with van der Waals surface area (Å²) in [6, 6.07) is 8.34. The van der Waals surface area contributed by atoms with Crippen LogP contribution in [0, 0.1) is 13.8 Å². The van der Waals surface area contributed by atoms with Gasteiger partial charge in [-0.1, -0.05) is 40.2 Å². The van der Waals surface area contributed by atoms with Gasteiger partial charge in [0.1, 0.15) is 5.82 Å². The Morgan fingerprint density at radius 3 is 2.55 bits per heavy atom. The third kappa shape index (κ3) is 3.73. The maximum atomic E-state index is 6.66. The van der Waals surface area contributed by atoms with Crippen molar-refractivity contribution in [3.05, 3.63) is 68.4 Å². The van der Waals surface area contributed by atoms with E-state index in [0.29, 0.717) is 6.42 Å². The molecule has 29 heavy (non-hydrogen) atoms. The molecular formula is C24H27BrClN3. The quantitative estimate of drug-likeness (QED) is 0.423. The third-order valence-corrected chi connectivity index (χ3v) is 7.47. The summed E-state index contributed by atoms with van der Waals surface area (Å²) in [7, 11) is 2.08. The van der Waals surface area contributed by atoms with E-state index in [4.69, 9.17) is 16.6 Å². The molecule has 0 aliphatic carbocycles. The number of imidazole rings is 1. The number of fused-ring (bicyclic) bond motifs is 1. The smallest absolute Gasteiger partial charge is 0.114 e. The van der Waals surface area contributed by atoms with Crippen molar-refractivity contribution < 1.29 is 0 Å². The lowest BCUT2D eigenvalue weighted by molar-refractivity contribution is 0.326. The Morgan fingerprint density at radius 2 is 1.83 bits per heavy atom. The minimum absolute atomic E-state index is 0.702. The first-order valence-corrected chi connectivity index (χ1v) is 11.4. The van der Waals surface area contributed by atoms with Crippen molar-refractivity contribution in [1.29, 1.82) is 0 Å². The van der Waals surface area contributed by atoms with Crippen LogP contribution in [0.2, 0.25) is 5.02 Å². The van der Waals surface area contributed by atoms with E-state index >= 15 is 0 Å². The van der Waals surface area contributed by atoms with E-state index in [9.17, 15) is 0 Å². The largest absolute Gasteiger partial charge is 0.372 e. The monoisotopic (exact) mass is 471 g/mol. The first-order chi connectivity index (χ1) is 13.9. The summed E-state index contributed by atoms with van der Waals surface area (Å²) in [6.07, 6.45) is 4.51. The Kier molecular flexibility index (Phi) is 5.76. The second kappa shape index (κ2) is 8.16. The number of aryl methyl sites for hydroxylation is 2. The molecule has 1 fully saturated rings. The van der Waals surface area contributed by atoms with Crippen LogP contribution in [-0.4, -0.2) is 27.5 Å². The molecule has 5 heteroatoms. The van der Waals surface area contributed by atoms with Crippen LogP contribution in [0.15, 0.2) is 35.3 Å². The summed E-state index contributed by atoms with van der Waals surface area (Å²) in [4.78, 5) is 7.37. The summed E-state index contributed by atoms with van der Waals surface area (Å²) in [5, 5.41) is 0.794. The fraction of sp³-hybridized carbons (Fsp3) is 0.375. The molecule has 1 aromatic heterocycles. The van der Waals surface area contributed by atoms with Gasteiger partial charge in [0, 0.05) is 47.3 Å². The lowest BCUT2D eigenvalue weighted by Gasteiger charge is -2.31. The molecule has 1 aliphatic heterocycles. The number of benzene rings is 2. The van der Waals surface area contributed by atoms with E-state index < -0.39 is 0 Å². The first kappa shape index (κ1) is 20.5. The lowest BCUT2D eigenvalue weighted by atomic mass is 9.96. The number of halogens is 2. The highest BCUT2D eigenvalue weighted by atomic mass is 79.9. The minimum Gasteiger partial charge on any atom is -0.372 e. The molecule has 4 rings (SSSR count). The number of likely N-dealkylation sites (tertiary alicyclic amines) is 1. The highest BCUT2D eigenvalue weighted by Gasteiger charge is 2.19. The van der Waals surface area contributed by atoms with Crippen LogP contribution in [0.5, 0.6) is 0 Å². The van der Waals surface area contributed by atoms with Gasteiger partial charge in [0.25, 0.3) is 0 Å². The van der Waals surface area contributed by atoms with Gasteiger partial charge in [-0.05, 0) is 68.0 Å². The van der Waals surface area contributed by atoms with Gasteiger partial charge in [-0.2, -0.15) is 0 Å². The lowest BCUT2D eigenvalue weighted by Crippen LogP contribution is -2.28. The van der Waals surface area contributed by atoms with Gasteiger partial charge in [0.2, 0.25) is 0 Å². The van der Waals surface area contributed by atoms with Crippen LogP contribution >= 0.6 is 27.5 Å². The van der Waals surface area contributed by atoms with Crippen molar-refractivity contribution >= 4 is 44.3 Å². The molecule has 0 amide bonds. The molecule has 0 bridgehead atoms. The fourth-order valence-electron chi connectivity index (χ4n) is 4.32. The molecule has 2 heterocycles. The van der Waals surface area contributed by atoms with Crippen molar-refractivity contribution in [2.45, 2.75) is 39.5 Å². The van der Waals surface area contributed by atoms with Gasteiger partial charge < -0.3 is 9.47 Å². The van der Waals surface area contributed by atoms with Crippen LogP contribution in [0.3, 0.4) is 0 Å². The molecular weight excluding hydrogens is 446 g/mol. The average Bonchev–Trinajstić information content (AvgIpc) is 3.04. The van der Waals surface area contributed by atoms with Gasteiger partial charge in [-0.25, -0.2) is 4.98 Å². The predicted octanol–water partition coefficient (Wildman–Crippen LogP) is 6.65. The van der Waals surface area contributed by atoms with Gasteiger partial charge in [0.05, 0.1) is 11.0 Å². The molecule has 0 N–H and O–H groups in total. The second-order valence-corrected chi connectivity index (χ2v) is 9.26. The summed E-state index contributed by atoms with van der Waals surface area (Å²) in [6.45, 7) is 10.9. The fourth-order valence-corrected chi connectivity index (χ4v) is 4.91. The van der Waals surface area contributed by atoms with Crippen molar-refractivity contribution in [2.75, 3.05) is 13.1 Å². The third-order valence-electron chi connectivity index (χ3n) is 6.26. The predicted molar refractivity (Wildman–Crippen MR) is 127 cm³/mol. The van der Waals surface area contributed by atoms with E-state index in [-0.39, 0.29) is 0 Å². The van der Waals surface area contributed by atoms with Crippen LogP contribution in [-0.2, 0) is 13.5 Å². The molecule has 0 spiro atoms. The van der Waals surface area contributed by atoms with E-state index in [0.717, 1.165) is 50.7 Å². The van der Waals surface area contributed by atoms with E-state index in [1.54, 1.807) is 0 Å². The summed E-state index contributed by atoms with van der Waals surface area (Å²) < 4.78 is 3.26. The van der Waals surface area contributed by atoms with Crippen molar-refractivity contribution in [1.82, 2.24) is 14.5 Å². The van der Waals surface area contributed by atoms with Gasteiger partial charge in [-0.3, -0.25) is 0 Å². The van der Waals surface area contributed by atoms with Crippen LogP contribution < -0.4 is 0 Å². The summed E-state index contributed by atoms with van der Waals surface area (Å²) in [5.74, 6) is 1.02. The summed E-state index contributed by atoms with van der Waals surface area (Å²) in [5.41, 5.74) is 8.01. The Labute approximate surface area is 186 Å². The molecule has 3 aromatic rings. The average molecular weight is 473 g/mol. The molecule has 0 atom stereocenters. The number of hydrogen-bond acceptors (Lipinski definition) is 2. The molecule has 2 aromatic carbocycles. The Hall–Kier alpha value is -1.78. The molecule has 3 nitrogen and oxygen atoms in total. The highest BCUT2D eigenvalue weighted by Crippen LogP contribution is 2.32. The molecule has 0 unspecified atom stereocenters. The number of rotatable bonds is 4. The Bertz CT molecular complexity index is 1090. The zero-order valence-corrected chi connectivity index (χ0v) is 19.7. The maximum absolute atomic E-state index is 6.66. The van der Waals surface area contributed by atoms with Gasteiger partial charge in [-0.15, -0.1) is 0 Å². The number of nitrogens with zero attached hydrogens (tertiary/aromatic N) is 3. The van der Waals surface area contributed by atoms with Crippen LogP contribution in [0.25, 0.3) is 16.7 Å². The normalized spacial score (nSPS) is 14.6. The zero-order chi connectivity index (χ0) is 20.7. The second-order valence-electron chi connectivity index (χ2n) is 8.00. The van der Waals surface area contributed by atoms with Crippen LogP contribution in [0.4, 0.5) is 0 Å². The molecule has 1 aliphatic rings. The van der Waals surface area contributed by atoms with Crippen LogP contribution in [0.1, 0.15) is 47.3 Å². The SMILES string of the molecule is C=C(c1ccc(Cl)c(Cc2nc3c(C)c(Br)ccc3n2C)c1C)N1CCCCC1. The van der Waals surface area contributed by atoms with Crippen molar-refractivity contribution in [3.63, 3.8) is 0 Å². The van der Waals surface area contributed by atoms with Gasteiger partial charge in [0.15, 0.2) is 0 Å². The number of aromatic nitrogens is 2. The number of hydrogen-bond donors (Lipinski definition) is 0. The Morgan fingerprint density at radius 1 is 1.10 bits per heavy atom. The molecule has 0 saturated carbocycles. The van der Waals surface area contributed by atoms with E-state index in [1.807, 2.05) is 6.07 Å². The number of piperidine rings is 1. The minimum atomic E-state index is 0.702. The molecule has 152 valence electrons. The Balaban J connectivity index is 1.72. The maximum Gasteiger partial charge on any atom is 0.114 e. The zero-order valence-electron chi connectivity index (χ0n) is 17.4. The first-order valence-electron chi connectivity index (χ1n) is 10.2. The standard InChI is InChI=1S/C24H27BrClN3/c1-15-18(17(3)29-12-6-5-7-13-29)8-10-21(26)19(15)14-23-27-24-16(2)20(25)9-11-22(24)28(23)4/h8-11H,3,5-7,12-14H2,1-2,4H3. The molecule has 1 saturated heterocycles. The van der Waals surface area contributed by atoms with E-state index in [1.165, 1.54) is 36.0 Å². The highest BCUT2D eigenvalue weighted by molar-refractivity contribution is 9.10. The van der Waals surface area contributed by atoms with Gasteiger partial charge >= 0.3 is 0 Å². The van der Waals surface area contributed by atoms with E-state index in [2.05, 4.69) is 71.1 Å². The summed E-state index contributed by atoms with van der Waals surface area (Å²) >= 11 is 10.3. The molecule has 0 radical (unpaired) electrons. The topological polar surface area (TPSA) is 21.1 Å². The van der Waals surface area contributed by atoms with Crippen molar-refractivity contribution in [3.8, 4) is 0 Å². The van der Waals surface area contributed by atoms with Crippen molar-refractivity contribution in [2.24, 2.45) is 7.05 Å².